The van der Waals surface area contributed by atoms with Crippen LogP contribution in [-0.2, 0) is 9.59 Å². The number of carbonyl (C=O) groups is 3. The molecule has 1 saturated heterocycles. The minimum Gasteiger partial charge on any atom is -0.496 e. The molecule has 158 valence electrons. The van der Waals surface area contributed by atoms with Gasteiger partial charge in [0.15, 0.2) is 0 Å². The lowest BCUT2D eigenvalue weighted by atomic mass is 10.1. The van der Waals surface area contributed by atoms with E-state index in [0.717, 1.165) is 5.56 Å². The number of hydrogen-bond donors (Lipinski definition) is 2. The largest absolute Gasteiger partial charge is 0.496 e. The molecular formula is C23H27N3O4. The summed E-state index contributed by atoms with van der Waals surface area (Å²) in [5.74, 6) is -0.334. The first kappa shape index (κ1) is 21.4. The minimum atomic E-state index is -0.381. The predicted molar refractivity (Wildman–Crippen MR) is 113 cm³/mol. The Morgan fingerprint density at radius 2 is 1.73 bits per heavy atom. The molecule has 0 bridgehead atoms. The summed E-state index contributed by atoms with van der Waals surface area (Å²) in [7, 11) is 1.51. The molecule has 1 heterocycles. The van der Waals surface area contributed by atoms with E-state index in [4.69, 9.17) is 4.74 Å². The van der Waals surface area contributed by atoms with Crippen molar-refractivity contribution in [1.82, 2.24) is 15.5 Å². The van der Waals surface area contributed by atoms with Gasteiger partial charge in [0, 0.05) is 26.1 Å². The smallest absolute Gasteiger partial charge is 0.255 e. The van der Waals surface area contributed by atoms with E-state index in [1.165, 1.54) is 7.11 Å². The number of methoxy groups -OCH3 is 1. The van der Waals surface area contributed by atoms with Crippen LogP contribution in [0.1, 0.15) is 35.3 Å². The molecule has 3 rings (SSSR count). The molecule has 1 fully saturated rings. The molecule has 7 nitrogen and oxygen atoms in total. The first-order valence-corrected chi connectivity index (χ1v) is 10.0. The fourth-order valence-corrected chi connectivity index (χ4v) is 3.63. The lowest BCUT2D eigenvalue weighted by Crippen LogP contribution is -2.38. The number of benzene rings is 2. The van der Waals surface area contributed by atoms with Crippen LogP contribution in [-0.4, -0.2) is 49.4 Å². The van der Waals surface area contributed by atoms with Crippen molar-refractivity contribution >= 4 is 17.7 Å². The molecule has 2 unspecified atom stereocenters. The summed E-state index contributed by atoms with van der Waals surface area (Å²) in [6, 6.07) is 16.7. The van der Waals surface area contributed by atoms with Gasteiger partial charge in [-0.2, -0.15) is 0 Å². The summed E-state index contributed by atoms with van der Waals surface area (Å²) in [4.78, 5) is 38.9. The van der Waals surface area contributed by atoms with E-state index in [2.05, 4.69) is 10.6 Å². The quantitative estimate of drug-likeness (QED) is 0.654. The van der Waals surface area contributed by atoms with E-state index in [1.807, 2.05) is 37.3 Å². The number of carbonyl (C=O) groups excluding carboxylic acids is 3. The zero-order valence-electron chi connectivity index (χ0n) is 17.3. The SMILES string of the molecule is COc1ccccc1C(=O)NCCNC(=O)C1CC(=O)N(C(C)c2ccccc2)C1. The minimum absolute atomic E-state index is 0.0176. The summed E-state index contributed by atoms with van der Waals surface area (Å²) < 4.78 is 5.18. The number of hydrogen-bond acceptors (Lipinski definition) is 4. The summed E-state index contributed by atoms with van der Waals surface area (Å²) in [6.45, 7) is 2.95. The Bertz CT molecular complexity index is 900. The van der Waals surface area contributed by atoms with Gasteiger partial charge in [-0.05, 0) is 24.6 Å². The van der Waals surface area contributed by atoms with Crippen LogP contribution in [0, 0.1) is 5.92 Å². The van der Waals surface area contributed by atoms with Crippen LogP contribution in [0.15, 0.2) is 54.6 Å². The second-order valence-corrected chi connectivity index (χ2v) is 7.28. The number of nitrogens with zero attached hydrogens (tertiary/aromatic N) is 1. The standard InChI is InChI=1S/C23H27N3O4/c1-16(17-8-4-3-5-9-17)26-15-18(14-21(26)27)22(28)24-12-13-25-23(29)19-10-6-7-11-20(19)30-2/h3-11,16,18H,12-15H2,1-2H3,(H,24,28)(H,25,29). The molecule has 7 heteroatoms. The molecule has 1 aliphatic heterocycles. The monoisotopic (exact) mass is 409 g/mol. The van der Waals surface area contributed by atoms with Crippen molar-refractivity contribution in [1.29, 1.82) is 0 Å². The van der Waals surface area contributed by atoms with Crippen molar-refractivity contribution in [3.8, 4) is 5.75 Å². The molecular weight excluding hydrogens is 382 g/mol. The van der Waals surface area contributed by atoms with E-state index in [9.17, 15) is 14.4 Å². The van der Waals surface area contributed by atoms with Gasteiger partial charge in [0.05, 0.1) is 24.6 Å². The van der Waals surface area contributed by atoms with Crippen LogP contribution in [0.4, 0.5) is 0 Å². The summed E-state index contributed by atoms with van der Waals surface area (Å²) in [6.07, 6.45) is 0.205. The Hall–Kier alpha value is -3.35. The van der Waals surface area contributed by atoms with Gasteiger partial charge >= 0.3 is 0 Å². The van der Waals surface area contributed by atoms with Gasteiger partial charge in [0.1, 0.15) is 5.75 Å². The van der Waals surface area contributed by atoms with Crippen molar-refractivity contribution in [3.63, 3.8) is 0 Å². The van der Waals surface area contributed by atoms with Gasteiger partial charge in [0.25, 0.3) is 5.91 Å². The zero-order valence-corrected chi connectivity index (χ0v) is 17.3. The van der Waals surface area contributed by atoms with E-state index >= 15 is 0 Å². The van der Waals surface area contributed by atoms with E-state index in [-0.39, 0.29) is 42.6 Å². The normalized spacial score (nSPS) is 16.8. The Labute approximate surface area is 176 Å². The second kappa shape index (κ2) is 9.91. The summed E-state index contributed by atoms with van der Waals surface area (Å²) >= 11 is 0. The average molecular weight is 409 g/mol. The van der Waals surface area contributed by atoms with Crippen LogP contribution < -0.4 is 15.4 Å². The molecule has 1 aliphatic rings. The van der Waals surface area contributed by atoms with E-state index in [0.29, 0.717) is 24.4 Å². The van der Waals surface area contributed by atoms with Gasteiger partial charge in [-0.25, -0.2) is 0 Å². The van der Waals surface area contributed by atoms with Gasteiger partial charge in [0.2, 0.25) is 11.8 Å². The van der Waals surface area contributed by atoms with Gasteiger partial charge in [-0.15, -0.1) is 0 Å². The van der Waals surface area contributed by atoms with Crippen molar-refractivity contribution in [2.75, 3.05) is 26.7 Å². The fraction of sp³-hybridized carbons (Fsp3) is 0.348. The van der Waals surface area contributed by atoms with Crippen molar-refractivity contribution in [2.24, 2.45) is 5.92 Å². The number of ether oxygens (including phenoxy) is 1. The number of amides is 3. The van der Waals surface area contributed by atoms with Crippen molar-refractivity contribution in [2.45, 2.75) is 19.4 Å². The topological polar surface area (TPSA) is 87.7 Å². The number of nitrogens with one attached hydrogen (secondary N) is 2. The third-order valence-electron chi connectivity index (χ3n) is 5.34. The number of rotatable bonds is 8. The highest BCUT2D eigenvalue weighted by Crippen LogP contribution is 2.28. The zero-order chi connectivity index (χ0) is 21.5. The molecule has 0 saturated carbocycles. The molecule has 0 aromatic heterocycles. The fourth-order valence-electron chi connectivity index (χ4n) is 3.63. The van der Waals surface area contributed by atoms with Gasteiger partial charge in [-0.3, -0.25) is 14.4 Å². The van der Waals surface area contributed by atoms with Crippen LogP contribution in [0.25, 0.3) is 0 Å². The Balaban J connectivity index is 1.45. The molecule has 0 radical (unpaired) electrons. The summed E-state index contributed by atoms with van der Waals surface area (Å²) in [5.41, 5.74) is 1.49. The van der Waals surface area contributed by atoms with Crippen molar-refractivity contribution in [3.05, 3.63) is 65.7 Å². The molecule has 3 amide bonds. The average Bonchev–Trinajstić information content (AvgIpc) is 3.18. The Morgan fingerprint density at radius 1 is 1.07 bits per heavy atom. The third-order valence-corrected chi connectivity index (χ3v) is 5.34. The molecule has 2 atom stereocenters. The van der Waals surface area contributed by atoms with Crippen LogP contribution in [0.5, 0.6) is 5.75 Å². The second-order valence-electron chi connectivity index (χ2n) is 7.28. The molecule has 30 heavy (non-hydrogen) atoms. The third kappa shape index (κ3) is 4.97. The Morgan fingerprint density at radius 3 is 2.47 bits per heavy atom. The number of likely N-dealkylation sites (tertiary alicyclic amines) is 1. The molecule has 2 aromatic rings. The van der Waals surface area contributed by atoms with Gasteiger partial charge < -0.3 is 20.3 Å². The highest BCUT2D eigenvalue weighted by atomic mass is 16.5. The van der Waals surface area contributed by atoms with Crippen LogP contribution in [0.2, 0.25) is 0 Å². The predicted octanol–water partition coefficient (Wildman–Crippen LogP) is 2.15. The van der Waals surface area contributed by atoms with Crippen LogP contribution in [0.3, 0.4) is 0 Å². The maximum absolute atomic E-state index is 12.5. The first-order chi connectivity index (χ1) is 14.5. The lowest BCUT2D eigenvalue weighted by Gasteiger charge is -2.25. The maximum Gasteiger partial charge on any atom is 0.255 e. The lowest BCUT2D eigenvalue weighted by molar-refractivity contribution is -0.130. The summed E-state index contributed by atoms with van der Waals surface area (Å²) in [5, 5.41) is 5.58. The first-order valence-electron chi connectivity index (χ1n) is 10.0. The highest BCUT2D eigenvalue weighted by molar-refractivity contribution is 5.97. The molecule has 0 spiro atoms. The molecule has 2 N–H and O–H groups in total. The van der Waals surface area contributed by atoms with Crippen molar-refractivity contribution < 1.29 is 19.1 Å². The highest BCUT2D eigenvalue weighted by Gasteiger charge is 2.36. The Kier molecular flexibility index (Phi) is 7.06. The van der Waals surface area contributed by atoms with E-state index in [1.54, 1.807) is 29.2 Å². The van der Waals surface area contributed by atoms with Gasteiger partial charge in [-0.1, -0.05) is 42.5 Å². The molecule has 0 aliphatic carbocycles. The maximum atomic E-state index is 12.5. The molecule has 2 aromatic carbocycles. The van der Waals surface area contributed by atoms with E-state index < -0.39 is 0 Å². The van der Waals surface area contributed by atoms with Crippen LogP contribution >= 0.6 is 0 Å². The number of para-hydroxylation sites is 1.